The third kappa shape index (κ3) is 6.39. The summed E-state index contributed by atoms with van der Waals surface area (Å²) < 4.78 is 31.7. The van der Waals surface area contributed by atoms with Crippen molar-refractivity contribution in [3.8, 4) is 10.4 Å². The predicted octanol–water partition coefficient (Wildman–Crippen LogP) is 4.31. The monoisotopic (exact) mass is 523 g/mol. The number of amides is 1. The van der Waals surface area contributed by atoms with Crippen molar-refractivity contribution < 1.29 is 27.9 Å². The maximum atomic E-state index is 12.3. The van der Waals surface area contributed by atoms with E-state index in [-0.39, 0.29) is 17.4 Å². The average molecular weight is 524 g/mol. The molecule has 1 spiro atoms. The predicted molar refractivity (Wildman–Crippen MR) is 122 cm³/mol. The molecule has 0 saturated carbocycles. The minimum absolute atomic E-state index is 0.0477. The lowest BCUT2D eigenvalue weighted by molar-refractivity contribution is -0.192. The molecule has 2 saturated heterocycles. The Morgan fingerprint density at radius 2 is 1.85 bits per heavy atom. The van der Waals surface area contributed by atoms with Gasteiger partial charge in [0.05, 0.1) is 16.1 Å². The van der Waals surface area contributed by atoms with Crippen LogP contribution in [0.25, 0.3) is 10.4 Å². The molecule has 1 aromatic carbocycles. The van der Waals surface area contributed by atoms with Crippen molar-refractivity contribution in [2.24, 2.45) is 5.41 Å². The van der Waals surface area contributed by atoms with E-state index in [0.29, 0.717) is 16.6 Å². The number of benzene rings is 1. The van der Waals surface area contributed by atoms with Crippen LogP contribution in [0.15, 0.2) is 30.3 Å². The Kier molecular flexibility index (Phi) is 8.28. The zero-order valence-electron chi connectivity index (χ0n) is 17.3. The van der Waals surface area contributed by atoms with E-state index >= 15 is 0 Å². The van der Waals surface area contributed by atoms with Crippen LogP contribution in [0.3, 0.4) is 0 Å². The zero-order chi connectivity index (χ0) is 24.2. The second-order valence-electron chi connectivity index (χ2n) is 7.84. The molecule has 1 amide bonds. The Bertz CT molecular complexity index is 1010. The van der Waals surface area contributed by atoms with Gasteiger partial charge >= 0.3 is 12.1 Å². The molecule has 1 atom stereocenters. The number of carboxylic acid groups (broad SMARTS) is 1. The minimum Gasteiger partial charge on any atom is -0.475 e. The standard InChI is InChI=1S/C19H21Cl2N3OS.C2HF3O2/c20-14-3-1-12(9-15(14)21)16-4-2-13(26-16)10-23-17-18(25)24-11-19(17)5-7-22-8-6-19;3-2(4,5)1(6)7/h1-4,9,17,22-23H,5-8,10-11H2,(H,24,25);(H,6,7). The fourth-order valence-electron chi connectivity index (χ4n) is 3.92. The number of hydrogen-bond donors (Lipinski definition) is 4. The summed E-state index contributed by atoms with van der Waals surface area (Å²) in [4.78, 5) is 23.6. The smallest absolute Gasteiger partial charge is 0.475 e. The number of carbonyl (C=O) groups is 2. The zero-order valence-corrected chi connectivity index (χ0v) is 19.6. The normalized spacial score (nSPS) is 19.7. The molecule has 4 N–H and O–H groups in total. The van der Waals surface area contributed by atoms with E-state index in [1.165, 1.54) is 4.88 Å². The van der Waals surface area contributed by atoms with Crippen LogP contribution < -0.4 is 16.0 Å². The lowest BCUT2D eigenvalue weighted by Gasteiger charge is -2.37. The molecule has 2 aromatic rings. The Balaban J connectivity index is 0.000000383. The SMILES string of the molecule is O=C(O)C(F)(F)F.O=C1NCC2(CCNCC2)C1NCc1ccc(-c2ccc(Cl)c(Cl)c2)s1. The molecule has 2 aliphatic rings. The van der Waals surface area contributed by atoms with Crippen LogP contribution in [0.4, 0.5) is 13.2 Å². The Hall–Kier alpha value is -1.85. The highest BCUT2D eigenvalue weighted by Gasteiger charge is 2.48. The molecule has 12 heteroatoms. The molecule has 1 aromatic heterocycles. The molecule has 1 unspecified atom stereocenters. The summed E-state index contributed by atoms with van der Waals surface area (Å²) >= 11 is 13.8. The Morgan fingerprint density at radius 1 is 1.18 bits per heavy atom. The van der Waals surface area contributed by atoms with Crippen molar-refractivity contribution in [3.63, 3.8) is 0 Å². The van der Waals surface area contributed by atoms with Gasteiger partial charge in [0.2, 0.25) is 5.91 Å². The van der Waals surface area contributed by atoms with E-state index in [2.05, 4.69) is 28.1 Å². The van der Waals surface area contributed by atoms with Gasteiger partial charge in [0.1, 0.15) is 0 Å². The molecule has 0 aliphatic carbocycles. The van der Waals surface area contributed by atoms with Crippen molar-refractivity contribution in [1.29, 1.82) is 0 Å². The van der Waals surface area contributed by atoms with Crippen molar-refractivity contribution in [3.05, 3.63) is 45.3 Å². The van der Waals surface area contributed by atoms with Gasteiger partial charge in [-0.1, -0.05) is 29.3 Å². The van der Waals surface area contributed by atoms with Crippen molar-refractivity contribution in [2.75, 3.05) is 19.6 Å². The largest absolute Gasteiger partial charge is 0.490 e. The average Bonchev–Trinajstić information content (AvgIpc) is 3.34. The van der Waals surface area contributed by atoms with E-state index in [9.17, 15) is 18.0 Å². The van der Waals surface area contributed by atoms with Crippen molar-refractivity contribution in [2.45, 2.75) is 31.6 Å². The number of thiophene rings is 1. The molecule has 6 nitrogen and oxygen atoms in total. The minimum atomic E-state index is -5.08. The van der Waals surface area contributed by atoms with Crippen LogP contribution in [0.5, 0.6) is 0 Å². The molecule has 0 bridgehead atoms. The van der Waals surface area contributed by atoms with Gasteiger partial charge in [0.25, 0.3) is 0 Å². The summed E-state index contributed by atoms with van der Waals surface area (Å²) in [5.41, 5.74) is 1.11. The van der Waals surface area contributed by atoms with Crippen molar-refractivity contribution in [1.82, 2.24) is 16.0 Å². The molecular formula is C21H22Cl2F3N3O3S. The number of hydrogen-bond acceptors (Lipinski definition) is 5. The second kappa shape index (κ2) is 10.6. The number of rotatable bonds is 4. The van der Waals surface area contributed by atoms with E-state index in [1.807, 2.05) is 18.2 Å². The van der Waals surface area contributed by atoms with Gasteiger partial charge in [0, 0.05) is 28.3 Å². The van der Waals surface area contributed by atoms with Crippen LogP contribution in [-0.2, 0) is 16.1 Å². The molecule has 180 valence electrons. The highest BCUT2D eigenvalue weighted by molar-refractivity contribution is 7.15. The first-order chi connectivity index (χ1) is 15.5. The van der Waals surface area contributed by atoms with E-state index in [4.69, 9.17) is 33.1 Å². The van der Waals surface area contributed by atoms with Gasteiger partial charge in [-0.15, -0.1) is 11.3 Å². The molecular weight excluding hydrogens is 502 g/mol. The highest BCUT2D eigenvalue weighted by Crippen LogP contribution is 2.37. The summed E-state index contributed by atoms with van der Waals surface area (Å²) in [5, 5.41) is 18.2. The molecule has 2 aliphatic heterocycles. The number of carboxylic acids is 1. The van der Waals surface area contributed by atoms with Gasteiger partial charge in [0.15, 0.2) is 0 Å². The fourth-order valence-corrected chi connectivity index (χ4v) is 5.18. The first-order valence-electron chi connectivity index (χ1n) is 10.1. The number of aliphatic carboxylic acids is 1. The summed E-state index contributed by atoms with van der Waals surface area (Å²) in [6.07, 6.45) is -3.02. The van der Waals surface area contributed by atoms with Gasteiger partial charge in [-0.3, -0.25) is 4.79 Å². The summed E-state index contributed by atoms with van der Waals surface area (Å²) in [7, 11) is 0. The Labute approximate surface area is 202 Å². The first-order valence-corrected chi connectivity index (χ1v) is 11.7. The second-order valence-corrected chi connectivity index (χ2v) is 9.82. The van der Waals surface area contributed by atoms with Gasteiger partial charge in [-0.2, -0.15) is 13.2 Å². The van der Waals surface area contributed by atoms with Gasteiger partial charge in [-0.05, 0) is 55.8 Å². The number of carbonyl (C=O) groups excluding carboxylic acids is 1. The molecule has 0 radical (unpaired) electrons. The van der Waals surface area contributed by atoms with Crippen LogP contribution >= 0.6 is 34.5 Å². The third-order valence-corrected chi connectivity index (χ3v) is 7.55. The lowest BCUT2D eigenvalue weighted by Crippen LogP contribution is -2.51. The highest BCUT2D eigenvalue weighted by atomic mass is 35.5. The third-order valence-electron chi connectivity index (χ3n) is 5.68. The van der Waals surface area contributed by atoms with E-state index < -0.39 is 12.1 Å². The van der Waals surface area contributed by atoms with Crippen LogP contribution in [0.1, 0.15) is 17.7 Å². The Morgan fingerprint density at radius 3 is 2.45 bits per heavy atom. The maximum Gasteiger partial charge on any atom is 0.490 e. The van der Waals surface area contributed by atoms with Crippen molar-refractivity contribution >= 4 is 46.4 Å². The number of nitrogens with one attached hydrogen (secondary N) is 3. The number of piperidine rings is 1. The summed E-state index contributed by atoms with van der Waals surface area (Å²) in [6, 6.07) is 9.78. The topological polar surface area (TPSA) is 90.5 Å². The van der Waals surface area contributed by atoms with Crippen LogP contribution in [0, 0.1) is 5.41 Å². The van der Waals surface area contributed by atoms with E-state index in [0.717, 1.165) is 42.9 Å². The summed E-state index contributed by atoms with van der Waals surface area (Å²) in [5.74, 6) is -2.62. The maximum absolute atomic E-state index is 12.3. The van der Waals surface area contributed by atoms with Crippen LogP contribution in [0.2, 0.25) is 10.0 Å². The van der Waals surface area contributed by atoms with E-state index in [1.54, 1.807) is 11.3 Å². The van der Waals surface area contributed by atoms with Gasteiger partial charge < -0.3 is 21.1 Å². The number of alkyl halides is 3. The molecule has 3 heterocycles. The van der Waals surface area contributed by atoms with Gasteiger partial charge in [-0.25, -0.2) is 4.79 Å². The molecule has 33 heavy (non-hydrogen) atoms. The molecule has 2 fully saturated rings. The fraction of sp³-hybridized carbons (Fsp3) is 0.429. The quantitative estimate of drug-likeness (QED) is 0.479. The summed E-state index contributed by atoms with van der Waals surface area (Å²) in [6.45, 7) is 3.44. The number of halogens is 5. The lowest BCUT2D eigenvalue weighted by atomic mass is 9.75. The molecule has 4 rings (SSSR count). The first kappa shape index (κ1) is 25.8. The van der Waals surface area contributed by atoms with Crippen LogP contribution in [-0.4, -0.2) is 48.8 Å².